The van der Waals surface area contributed by atoms with Crippen LogP contribution in [0.3, 0.4) is 0 Å². The first kappa shape index (κ1) is 19.0. The average Bonchev–Trinajstić information content (AvgIpc) is 2.54. The molecule has 0 fully saturated rings. The number of sulfonamides is 1. The van der Waals surface area contributed by atoms with Gasteiger partial charge in [-0.25, -0.2) is 17.5 Å². The lowest BCUT2D eigenvalue weighted by atomic mass is 10.1. The zero-order valence-corrected chi connectivity index (χ0v) is 15.2. The van der Waals surface area contributed by atoms with E-state index in [1.165, 1.54) is 32.4 Å². The maximum atomic E-state index is 13.8. The molecule has 9 heteroatoms. The van der Waals surface area contributed by atoms with Gasteiger partial charge in [0, 0.05) is 16.1 Å². The number of amides is 1. The van der Waals surface area contributed by atoms with Crippen LogP contribution in [0.2, 0.25) is 5.02 Å². The van der Waals surface area contributed by atoms with E-state index in [1.54, 1.807) is 6.92 Å². The predicted molar refractivity (Wildman–Crippen MR) is 90.3 cm³/mol. The Morgan fingerprint density at radius 2 is 1.68 bits per heavy atom. The Balaban J connectivity index is 2.39. The Morgan fingerprint density at radius 3 is 2.16 bits per heavy atom. The normalized spacial score (nSPS) is 11.1. The number of carbonyl (C=O) groups is 1. The minimum atomic E-state index is -4.42. The van der Waals surface area contributed by atoms with Gasteiger partial charge in [-0.15, -0.1) is 0 Å². The molecule has 2 aromatic rings. The van der Waals surface area contributed by atoms with E-state index in [2.05, 4.69) is 0 Å². The van der Waals surface area contributed by atoms with Crippen molar-refractivity contribution in [3.8, 4) is 11.5 Å². The number of hydrogen-bond donors (Lipinski definition) is 1. The van der Waals surface area contributed by atoms with Gasteiger partial charge in [0.05, 0.1) is 14.2 Å². The first-order valence-electron chi connectivity index (χ1n) is 6.94. The number of ether oxygens (including phenoxy) is 2. The summed E-state index contributed by atoms with van der Waals surface area (Å²) < 4.78 is 50.4. The second kappa shape index (κ2) is 7.28. The molecule has 25 heavy (non-hydrogen) atoms. The third kappa shape index (κ3) is 4.02. The molecule has 0 saturated heterocycles. The molecule has 0 aliphatic carbocycles. The fraction of sp³-hybridized carbons (Fsp3) is 0.188. The maximum Gasteiger partial charge on any atom is 0.267 e. The van der Waals surface area contributed by atoms with Crippen LogP contribution in [-0.4, -0.2) is 28.5 Å². The highest BCUT2D eigenvalue weighted by Gasteiger charge is 2.24. The van der Waals surface area contributed by atoms with Crippen LogP contribution >= 0.6 is 11.6 Å². The number of halogens is 2. The summed E-state index contributed by atoms with van der Waals surface area (Å²) in [5.74, 6) is -1.32. The van der Waals surface area contributed by atoms with Gasteiger partial charge in [0.15, 0.2) is 0 Å². The molecule has 6 nitrogen and oxygen atoms in total. The zero-order valence-electron chi connectivity index (χ0n) is 13.6. The van der Waals surface area contributed by atoms with Crippen LogP contribution in [0.4, 0.5) is 4.39 Å². The lowest BCUT2D eigenvalue weighted by Crippen LogP contribution is -2.31. The van der Waals surface area contributed by atoms with Crippen molar-refractivity contribution in [1.29, 1.82) is 0 Å². The Labute approximate surface area is 149 Å². The average molecular weight is 388 g/mol. The van der Waals surface area contributed by atoms with Crippen LogP contribution in [0.15, 0.2) is 35.2 Å². The summed E-state index contributed by atoms with van der Waals surface area (Å²) >= 11 is 5.60. The van der Waals surface area contributed by atoms with E-state index in [0.717, 1.165) is 12.1 Å². The fourth-order valence-corrected chi connectivity index (χ4v) is 3.34. The molecule has 1 amide bonds. The van der Waals surface area contributed by atoms with Crippen LogP contribution in [0.25, 0.3) is 0 Å². The van der Waals surface area contributed by atoms with Crippen molar-refractivity contribution >= 4 is 27.5 Å². The molecule has 0 unspecified atom stereocenters. The van der Waals surface area contributed by atoms with E-state index in [4.69, 9.17) is 21.1 Å². The lowest BCUT2D eigenvalue weighted by molar-refractivity contribution is 0.0980. The summed E-state index contributed by atoms with van der Waals surface area (Å²) in [4.78, 5) is 11.6. The number of rotatable bonds is 5. The molecule has 134 valence electrons. The fourth-order valence-electron chi connectivity index (χ4n) is 2.15. The Kier molecular flexibility index (Phi) is 5.54. The van der Waals surface area contributed by atoms with E-state index in [0.29, 0.717) is 17.1 Å². The molecule has 0 spiro atoms. The van der Waals surface area contributed by atoms with Crippen molar-refractivity contribution < 1.29 is 27.1 Å². The SMILES string of the molecule is COc1cc(C(=O)NS(=O)(=O)c2ccc(Cl)cc2F)cc(OC)c1C. The minimum absolute atomic E-state index is 0.0164. The van der Waals surface area contributed by atoms with Gasteiger partial charge >= 0.3 is 0 Å². The molecule has 1 N–H and O–H groups in total. The summed E-state index contributed by atoms with van der Waals surface area (Å²) in [5, 5.41) is 0.0378. The van der Waals surface area contributed by atoms with E-state index in [1.807, 2.05) is 4.72 Å². The van der Waals surface area contributed by atoms with Gasteiger partial charge in [0.1, 0.15) is 22.2 Å². The van der Waals surface area contributed by atoms with Crippen molar-refractivity contribution in [3.63, 3.8) is 0 Å². The van der Waals surface area contributed by atoms with Gasteiger partial charge in [0.25, 0.3) is 15.9 Å². The molecular formula is C16H15ClFNO5S. The van der Waals surface area contributed by atoms with Gasteiger partial charge in [-0.05, 0) is 37.3 Å². The van der Waals surface area contributed by atoms with Gasteiger partial charge in [0.2, 0.25) is 0 Å². The molecule has 0 aromatic heterocycles. The third-order valence-electron chi connectivity index (χ3n) is 3.42. The summed E-state index contributed by atoms with van der Waals surface area (Å²) in [6, 6.07) is 5.76. The topological polar surface area (TPSA) is 81.7 Å². The number of carbonyl (C=O) groups excluding carboxylic acids is 1. The van der Waals surface area contributed by atoms with Crippen LogP contribution < -0.4 is 14.2 Å². The second-order valence-electron chi connectivity index (χ2n) is 5.02. The van der Waals surface area contributed by atoms with Crippen LogP contribution in [0, 0.1) is 12.7 Å². The third-order valence-corrected chi connectivity index (χ3v) is 5.02. The molecular weight excluding hydrogens is 373 g/mol. The maximum absolute atomic E-state index is 13.8. The largest absolute Gasteiger partial charge is 0.496 e. The van der Waals surface area contributed by atoms with Crippen molar-refractivity contribution in [3.05, 3.63) is 52.3 Å². The van der Waals surface area contributed by atoms with Crippen molar-refractivity contribution in [2.75, 3.05) is 14.2 Å². The van der Waals surface area contributed by atoms with Crippen LogP contribution in [-0.2, 0) is 10.0 Å². The van der Waals surface area contributed by atoms with Gasteiger partial charge < -0.3 is 9.47 Å². The first-order valence-corrected chi connectivity index (χ1v) is 8.80. The molecule has 0 atom stereocenters. The molecule has 2 rings (SSSR count). The smallest absolute Gasteiger partial charge is 0.267 e. The van der Waals surface area contributed by atoms with Crippen LogP contribution in [0.5, 0.6) is 11.5 Å². The highest BCUT2D eigenvalue weighted by molar-refractivity contribution is 7.90. The highest BCUT2D eigenvalue weighted by Crippen LogP contribution is 2.29. The quantitative estimate of drug-likeness (QED) is 0.853. The van der Waals surface area contributed by atoms with Crippen molar-refractivity contribution in [1.82, 2.24) is 4.72 Å². The number of hydrogen-bond acceptors (Lipinski definition) is 5. The van der Waals surface area contributed by atoms with Gasteiger partial charge in [-0.3, -0.25) is 4.79 Å². The molecule has 0 radical (unpaired) electrons. The van der Waals surface area contributed by atoms with Gasteiger partial charge in [-0.1, -0.05) is 11.6 Å². The Hall–Kier alpha value is -2.32. The predicted octanol–water partition coefficient (Wildman–Crippen LogP) is 2.92. The molecule has 0 aliphatic rings. The lowest BCUT2D eigenvalue weighted by Gasteiger charge is -2.13. The summed E-state index contributed by atoms with van der Waals surface area (Å²) in [6.07, 6.45) is 0. The molecule has 0 saturated carbocycles. The Bertz CT molecular complexity index is 905. The number of methoxy groups -OCH3 is 2. The number of benzene rings is 2. The van der Waals surface area contributed by atoms with E-state index in [9.17, 15) is 17.6 Å². The summed E-state index contributed by atoms with van der Waals surface area (Å²) in [5.41, 5.74) is 0.630. The van der Waals surface area contributed by atoms with E-state index >= 15 is 0 Å². The summed E-state index contributed by atoms with van der Waals surface area (Å²) in [6.45, 7) is 1.72. The highest BCUT2D eigenvalue weighted by atomic mass is 35.5. The first-order chi connectivity index (χ1) is 11.7. The van der Waals surface area contributed by atoms with E-state index < -0.39 is 26.6 Å². The zero-order chi connectivity index (χ0) is 18.8. The van der Waals surface area contributed by atoms with Crippen molar-refractivity contribution in [2.24, 2.45) is 0 Å². The number of nitrogens with one attached hydrogen (secondary N) is 1. The standard InChI is InChI=1S/C16H15ClFNO5S/c1-9-13(23-2)6-10(7-14(9)24-3)16(20)19-25(21,22)15-5-4-11(17)8-12(15)18/h4-8H,1-3H3,(H,19,20). The minimum Gasteiger partial charge on any atom is -0.496 e. The Morgan fingerprint density at radius 1 is 1.12 bits per heavy atom. The monoisotopic (exact) mass is 387 g/mol. The molecule has 0 aliphatic heterocycles. The molecule has 0 heterocycles. The van der Waals surface area contributed by atoms with Gasteiger partial charge in [-0.2, -0.15) is 0 Å². The van der Waals surface area contributed by atoms with Crippen LogP contribution in [0.1, 0.15) is 15.9 Å². The molecule has 2 aromatic carbocycles. The summed E-state index contributed by atoms with van der Waals surface area (Å²) in [7, 11) is -1.61. The van der Waals surface area contributed by atoms with E-state index in [-0.39, 0.29) is 10.6 Å². The second-order valence-corrected chi connectivity index (χ2v) is 7.10. The molecule has 0 bridgehead atoms. The van der Waals surface area contributed by atoms with Crippen molar-refractivity contribution in [2.45, 2.75) is 11.8 Å².